The molecular formula is C19H27N3O2. The first-order chi connectivity index (χ1) is 11.4. The van der Waals surface area contributed by atoms with Gasteiger partial charge in [0.05, 0.1) is 0 Å². The molecule has 0 unspecified atom stereocenters. The highest BCUT2D eigenvalue weighted by molar-refractivity contribution is 5.97. The Kier molecular flexibility index (Phi) is 4.63. The molecule has 1 aromatic rings. The molecule has 5 nitrogen and oxygen atoms in total. The normalized spacial score (nSPS) is 20.0. The van der Waals surface area contributed by atoms with Crippen molar-refractivity contribution in [3.63, 3.8) is 0 Å². The van der Waals surface area contributed by atoms with Crippen molar-refractivity contribution in [3.8, 4) is 0 Å². The largest absolute Gasteiger partial charge is 0.369 e. The molecule has 2 aliphatic heterocycles. The van der Waals surface area contributed by atoms with Crippen molar-refractivity contribution in [1.29, 1.82) is 0 Å². The molecule has 2 aliphatic rings. The molecule has 3 rings (SSSR count). The van der Waals surface area contributed by atoms with Gasteiger partial charge in [0.1, 0.15) is 0 Å². The van der Waals surface area contributed by atoms with Crippen molar-refractivity contribution >= 4 is 11.8 Å². The zero-order valence-corrected chi connectivity index (χ0v) is 14.8. The summed E-state index contributed by atoms with van der Waals surface area (Å²) in [7, 11) is 0. The van der Waals surface area contributed by atoms with E-state index in [0.717, 1.165) is 55.7 Å². The third-order valence-corrected chi connectivity index (χ3v) is 5.49. The number of nitrogens with two attached hydrogens (primary N) is 1. The first-order valence-electron chi connectivity index (χ1n) is 8.77. The molecule has 24 heavy (non-hydrogen) atoms. The van der Waals surface area contributed by atoms with Crippen LogP contribution in [0.5, 0.6) is 0 Å². The summed E-state index contributed by atoms with van der Waals surface area (Å²) < 4.78 is 0. The van der Waals surface area contributed by atoms with Gasteiger partial charge in [-0.3, -0.25) is 14.5 Å². The molecule has 0 bridgehead atoms. The fourth-order valence-electron chi connectivity index (χ4n) is 4.08. The van der Waals surface area contributed by atoms with Crippen LogP contribution in [-0.2, 0) is 4.79 Å². The van der Waals surface area contributed by atoms with Gasteiger partial charge < -0.3 is 10.6 Å². The number of amides is 2. The Hall–Kier alpha value is -1.88. The number of likely N-dealkylation sites (tertiary alicyclic amines) is 2. The predicted molar refractivity (Wildman–Crippen MR) is 93.8 cm³/mol. The summed E-state index contributed by atoms with van der Waals surface area (Å²) in [5.41, 5.74) is 9.56. The van der Waals surface area contributed by atoms with Crippen LogP contribution in [0.2, 0.25) is 0 Å². The Morgan fingerprint density at radius 3 is 2.08 bits per heavy atom. The van der Waals surface area contributed by atoms with Gasteiger partial charge in [0.2, 0.25) is 5.91 Å². The minimum Gasteiger partial charge on any atom is -0.369 e. The highest BCUT2D eigenvalue weighted by Crippen LogP contribution is 2.26. The summed E-state index contributed by atoms with van der Waals surface area (Å²) in [5.74, 6) is -0.00410. The van der Waals surface area contributed by atoms with E-state index in [4.69, 9.17) is 5.73 Å². The van der Waals surface area contributed by atoms with E-state index < -0.39 is 0 Å². The van der Waals surface area contributed by atoms with Crippen LogP contribution in [0.25, 0.3) is 0 Å². The van der Waals surface area contributed by atoms with E-state index in [2.05, 4.69) is 24.0 Å². The Labute approximate surface area is 143 Å². The maximum atomic E-state index is 12.8. The molecule has 2 N–H and O–H groups in total. The molecule has 2 saturated heterocycles. The Morgan fingerprint density at radius 2 is 1.58 bits per heavy atom. The van der Waals surface area contributed by atoms with Gasteiger partial charge in [0, 0.05) is 30.6 Å². The van der Waals surface area contributed by atoms with Crippen molar-refractivity contribution in [2.45, 2.75) is 39.7 Å². The second kappa shape index (κ2) is 6.55. The highest BCUT2D eigenvalue weighted by atomic mass is 16.2. The lowest BCUT2D eigenvalue weighted by Crippen LogP contribution is -2.62. The van der Waals surface area contributed by atoms with Crippen LogP contribution in [-0.4, -0.2) is 53.8 Å². The number of primary amides is 1. The summed E-state index contributed by atoms with van der Waals surface area (Å²) in [4.78, 5) is 28.4. The Balaban J connectivity index is 1.57. The van der Waals surface area contributed by atoms with E-state index in [1.54, 1.807) is 0 Å². The van der Waals surface area contributed by atoms with Gasteiger partial charge in [0.25, 0.3) is 5.91 Å². The van der Waals surface area contributed by atoms with Crippen LogP contribution in [0.3, 0.4) is 0 Å². The van der Waals surface area contributed by atoms with Crippen molar-refractivity contribution in [2.75, 3.05) is 26.2 Å². The molecular weight excluding hydrogens is 302 g/mol. The molecule has 5 heteroatoms. The number of hydrogen-bond acceptors (Lipinski definition) is 3. The van der Waals surface area contributed by atoms with Gasteiger partial charge in [-0.2, -0.15) is 0 Å². The number of carbonyl (C=O) groups excluding carboxylic acids is 2. The third-order valence-electron chi connectivity index (χ3n) is 5.49. The summed E-state index contributed by atoms with van der Waals surface area (Å²) in [5, 5.41) is 0. The molecule has 1 aromatic carbocycles. The lowest BCUT2D eigenvalue weighted by atomic mass is 9.93. The summed E-state index contributed by atoms with van der Waals surface area (Å²) >= 11 is 0. The van der Waals surface area contributed by atoms with E-state index in [9.17, 15) is 9.59 Å². The fraction of sp³-hybridized carbons (Fsp3) is 0.579. The molecule has 0 saturated carbocycles. The maximum Gasteiger partial charge on any atom is 0.254 e. The molecule has 0 atom stereocenters. The summed E-state index contributed by atoms with van der Waals surface area (Å²) in [6, 6.07) is 4.58. The molecule has 130 valence electrons. The molecule has 2 heterocycles. The molecule has 2 amide bonds. The van der Waals surface area contributed by atoms with Gasteiger partial charge in [-0.1, -0.05) is 17.7 Å². The smallest absolute Gasteiger partial charge is 0.254 e. The molecule has 0 spiro atoms. The average molecular weight is 329 g/mol. The number of hydrogen-bond donors (Lipinski definition) is 1. The van der Waals surface area contributed by atoms with Gasteiger partial charge in [0.15, 0.2) is 0 Å². The van der Waals surface area contributed by atoms with Crippen molar-refractivity contribution in [1.82, 2.24) is 9.80 Å². The lowest BCUT2D eigenvalue weighted by molar-refractivity contribution is -0.123. The molecule has 0 radical (unpaired) electrons. The molecule has 0 aliphatic carbocycles. The molecule has 2 fully saturated rings. The minimum atomic E-state index is -0.176. The lowest BCUT2D eigenvalue weighted by Gasteiger charge is -2.47. The zero-order chi connectivity index (χ0) is 17.4. The third kappa shape index (κ3) is 3.18. The monoisotopic (exact) mass is 329 g/mol. The van der Waals surface area contributed by atoms with Gasteiger partial charge in [-0.05, 0) is 57.8 Å². The number of rotatable bonds is 3. The number of aryl methyl sites for hydroxylation is 3. The van der Waals surface area contributed by atoms with Crippen LogP contribution in [0.15, 0.2) is 12.1 Å². The van der Waals surface area contributed by atoms with Gasteiger partial charge in [-0.15, -0.1) is 0 Å². The van der Waals surface area contributed by atoms with Crippen LogP contribution >= 0.6 is 0 Å². The van der Waals surface area contributed by atoms with E-state index in [0.29, 0.717) is 6.04 Å². The zero-order valence-electron chi connectivity index (χ0n) is 14.8. The number of nitrogens with zero attached hydrogens (tertiary/aromatic N) is 2. The Morgan fingerprint density at radius 1 is 1.04 bits per heavy atom. The van der Waals surface area contributed by atoms with E-state index in [1.165, 1.54) is 5.56 Å². The van der Waals surface area contributed by atoms with Crippen LogP contribution in [0, 0.1) is 26.7 Å². The second-order valence-corrected chi connectivity index (χ2v) is 7.35. The molecule has 0 aromatic heterocycles. The Bertz CT molecular complexity index is 634. The van der Waals surface area contributed by atoms with Crippen LogP contribution < -0.4 is 5.73 Å². The van der Waals surface area contributed by atoms with Crippen molar-refractivity contribution in [2.24, 2.45) is 11.7 Å². The summed E-state index contributed by atoms with van der Waals surface area (Å²) in [6.07, 6.45) is 1.69. The first kappa shape index (κ1) is 17.0. The predicted octanol–water partition coefficient (Wildman–Crippen LogP) is 1.63. The van der Waals surface area contributed by atoms with Crippen molar-refractivity contribution < 1.29 is 9.59 Å². The van der Waals surface area contributed by atoms with Crippen LogP contribution in [0.4, 0.5) is 0 Å². The quantitative estimate of drug-likeness (QED) is 0.916. The van der Waals surface area contributed by atoms with Crippen LogP contribution in [0.1, 0.15) is 39.9 Å². The highest BCUT2D eigenvalue weighted by Gasteiger charge is 2.37. The fourth-order valence-corrected chi connectivity index (χ4v) is 4.08. The number of piperidine rings is 1. The standard InChI is InChI=1S/C19H27N3O2/c1-12-8-13(2)17(14(3)9-12)19(24)22-10-16(11-22)21-6-4-15(5-7-21)18(20)23/h8-9,15-16H,4-7,10-11H2,1-3H3,(H2,20,23). The summed E-state index contributed by atoms with van der Waals surface area (Å²) in [6.45, 7) is 9.47. The number of benzene rings is 1. The maximum absolute atomic E-state index is 12.8. The van der Waals surface area contributed by atoms with Gasteiger partial charge in [-0.25, -0.2) is 0 Å². The first-order valence-corrected chi connectivity index (χ1v) is 8.77. The topological polar surface area (TPSA) is 66.6 Å². The SMILES string of the molecule is Cc1cc(C)c(C(=O)N2CC(N3CCC(C(N)=O)CC3)C2)c(C)c1. The van der Waals surface area contributed by atoms with Gasteiger partial charge >= 0.3 is 0 Å². The van der Waals surface area contributed by atoms with E-state index in [-0.39, 0.29) is 17.7 Å². The minimum absolute atomic E-state index is 0.0249. The van der Waals surface area contributed by atoms with E-state index in [1.807, 2.05) is 18.7 Å². The van der Waals surface area contributed by atoms with Crippen molar-refractivity contribution in [3.05, 3.63) is 34.4 Å². The second-order valence-electron chi connectivity index (χ2n) is 7.35. The number of carbonyl (C=O) groups is 2. The van der Waals surface area contributed by atoms with E-state index >= 15 is 0 Å². The average Bonchev–Trinajstić information content (AvgIpc) is 2.45.